The molecule has 4 aliphatic rings. The third kappa shape index (κ3) is 4.32. The summed E-state index contributed by atoms with van der Waals surface area (Å²) in [5.41, 5.74) is 6.21. The van der Waals surface area contributed by atoms with E-state index in [1.54, 1.807) is 20.2 Å². The van der Waals surface area contributed by atoms with Gasteiger partial charge in [0.15, 0.2) is 34.7 Å². The molecule has 0 spiro atoms. The molecular weight excluding hydrogens is 526 g/mol. The number of nitrogens with two attached hydrogens (primary N) is 1. The number of phenolic OH excluding ortho intramolecular Hbond substituents is 1. The van der Waals surface area contributed by atoms with Crippen molar-refractivity contribution in [1.29, 1.82) is 0 Å². The second-order valence-electron chi connectivity index (χ2n) is 12.0. The van der Waals surface area contributed by atoms with Crippen molar-refractivity contribution in [2.24, 2.45) is 29.4 Å². The quantitative estimate of drug-likeness (QED) is 0.322. The molecule has 0 saturated heterocycles. The number of primary amides is 1. The molecule has 0 heterocycles. The van der Waals surface area contributed by atoms with Crippen molar-refractivity contribution in [3.8, 4) is 5.75 Å². The van der Waals surface area contributed by atoms with E-state index in [0.717, 1.165) is 24.2 Å². The average molecular weight is 562 g/mol. The number of carbonyl (C=O) groups is 5. The van der Waals surface area contributed by atoms with E-state index in [9.17, 15) is 34.2 Å². The zero-order chi connectivity index (χ0) is 30.0. The first-order valence-electron chi connectivity index (χ1n) is 13.7. The minimum Gasteiger partial charge on any atom is -0.507 e. The van der Waals surface area contributed by atoms with Crippen LogP contribution in [0, 0.1) is 23.7 Å². The Morgan fingerprint density at radius 1 is 1.15 bits per heavy atom. The largest absolute Gasteiger partial charge is 0.507 e. The van der Waals surface area contributed by atoms with Crippen molar-refractivity contribution in [2.45, 2.75) is 30.9 Å². The molecular formula is C31H35N3O7. The SMILES string of the molecule is C=CCN(C)CC1=CC=C(c2ccc(O)c3c2C[C@H]2C[C@H]4[C@H](N(C)C)C(=O)C(C(N)=O)C(=O)[C@@]4(O)C(=O)C2C3=O)C1. The van der Waals surface area contributed by atoms with Gasteiger partial charge >= 0.3 is 0 Å². The maximum atomic E-state index is 14.0. The van der Waals surface area contributed by atoms with Crippen LogP contribution < -0.4 is 5.73 Å². The Hall–Kier alpha value is -3.73. The summed E-state index contributed by atoms with van der Waals surface area (Å²) in [6, 6.07) is 2.07. The molecule has 0 aliphatic heterocycles. The Morgan fingerprint density at radius 2 is 1.85 bits per heavy atom. The molecule has 1 amide bonds. The molecule has 2 fully saturated rings. The lowest BCUT2D eigenvalue weighted by molar-refractivity contribution is -0.181. The fourth-order valence-corrected chi connectivity index (χ4v) is 7.41. The molecule has 1 aromatic carbocycles. The van der Waals surface area contributed by atoms with Gasteiger partial charge in [-0.2, -0.15) is 0 Å². The second-order valence-corrected chi connectivity index (χ2v) is 12.0. The number of benzene rings is 1. The van der Waals surface area contributed by atoms with E-state index >= 15 is 0 Å². The number of rotatable bonds is 7. The summed E-state index contributed by atoms with van der Waals surface area (Å²) in [4.78, 5) is 70.3. The van der Waals surface area contributed by atoms with Gasteiger partial charge in [-0.05, 0) is 69.1 Å². The number of aliphatic hydroxyl groups is 1. The fraction of sp³-hybridized carbons (Fsp3) is 0.452. The van der Waals surface area contributed by atoms with E-state index in [0.29, 0.717) is 12.0 Å². The number of aromatic hydroxyl groups is 1. The zero-order valence-corrected chi connectivity index (χ0v) is 23.4. The van der Waals surface area contributed by atoms with E-state index in [4.69, 9.17) is 5.73 Å². The highest BCUT2D eigenvalue weighted by Gasteiger charge is 2.69. The summed E-state index contributed by atoms with van der Waals surface area (Å²) in [6.07, 6.45) is 6.78. The van der Waals surface area contributed by atoms with Crippen molar-refractivity contribution in [3.05, 3.63) is 59.2 Å². The molecule has 0 bridgehead atoms. The number of amides is 1. The van der Waals surface area contributed by atoms with Gasteiger partial charge in [0.05, 0.1) is 17.5 Å². The lowest BCUT2D eigenvalue weighted by atomic mass is 9.52. The molecule has 1 aromatic rings. The van der Waals surface area contributed by atoms with E-state index in [1.807, 2.05) is 25.3 Å². The summed E-state index contributed by atoms with van der Waals surface area (Å²) in [7, 11) is 5.12. The van der Waals surface area contributed by atoms with Crippen LogP contribution in [0.3, 0.4) is 0 Å². The summed E-state index contributed by atoms with van der Waals surface area (Å²) in [6.45, 7) is 5.25. The van der Waals surface area contributed by atoms with Gasteiger partial charge in [-0.15, -0.1) is 6.58 Å². The van der Waals surface area contributed by atoms with Gasteiger partial charge in [0, 0.05) is 19.0 Å². The number of Topliss-reactive ketones (excluding diaryl/α,β-unsaturated/α-hetero) is 4. The van der Waals surface area contributed by atoms with Gasteiger partial charge in [-0.1, -0.05) is 29.9 Å². The van der Waals surface area contributed by atoms with Crippen LogP contribution in [0.25, 0.3) is 5.57 Å². The summed E-state index contributed by atoms with van der Waals surface area (Å²) >= 11 is 0. The molecule has 4 N–H and O–H groups in total. The Balaban J connectivity index is 1.53. The lowest BCUT2D eigenvalue weighted by Gasteiger charge is -2.52. The van der Waals surface area contributed by atoms with Gasteiger partial charge in [0.1, 0.15) is 5.75 Å². The molecule has 10 nitrogen and oxygen atoms in total. The standard InChI is InChI=1S/C31H35N3O7/c1-5-10-34(4)14-15-6-7-16(11-15)18-8-9-21(35)23-19(18)12-17-13-20-25(33(2)3)27(37)24(30(32)40)29(39)31(20,41)28(38)22(17)26(23)36/h5-9,17,20,22,24-25,35,41H,1,10-14H2,2-4H3,(H2,32,40)/t17-,20-,22?,24?,25-,31-/m0/s1. The first-order valence-corrected chi connectivity index (χ1v) is 13.7. The van der Waals surface area contributed by atoms with Crippen LogP contribution in [0.5, 0.6) is 5.75 Å². The smallest absolute Gasteiger partial charge is 0.235 e. The molecule has 2 unspecified atom stereocenters. The highest BCUT2D eigenvalue weighted by Crippen LogP contribution is 2.51. The normalized spacial score (nSPS) is 31.0. The number of nitrogens with zero attached hydrogens (tertiary/aromatic N) is 2. The van der Waals surface area contributed by atoms with Gasteiger partial charge in [-0.25, -0.2) is 0 Å². The first-order chi connectivity index (χ1) is 19.3. The predicted octanol–water partition coefficient (Wildman–Crippen LogP) is 0.698. The third-order valence-electron chi connectivity index (χ3n) is 9.14. The maximum Gasteiger partial charge on any atom is 0.235 e. The highest BCUT2D eigenvalue weighted by molar-refractivity contribution is 6.32. The summed E-state index contributed by atoms with van der Waals surface area (Å²) in [5, 5.41) is 22.5. The fourth-order valence-electron chi connectivity index (χ4n) is 7.41. The van der Waals surface area contributed by atoms with Crippen LogP contribution in [-0.2, 0) is 25.6 Å². The Bertz CT molecular complexity index is 1460. The van der Waals surface area contributed by atoms with Gasteiger partial charge in [0.25, 0.3) is 0 Å². The third-order valence-corrected chi connectivity index (χ3v) is 9.14. The minimum atomic E-state index is -2.73. The molecule has 10 heteroatoms. The predicted molar refractivity (Wildman–Crippen MR) is 150 cm³/mol. The van der Waals surface area contributed by atoms with Gasteiger partial charge < -0.3 is 15.9 Å². The number of carbonyl (C=O) groups excluding carboxylic acids is 5. The molecule has 41 heavy (non-hydrogen) atoms. The number of ketones is 4. The Kier molecular flexibility index (Phi) is 7.21. The van der Waals surface area contributed by atoms with Crippen molar-refractivity contribution in [1.82, 2.24) is 9.80 Å². The van der Waals surface area contributed by atoms with Crippen molar-refractivity contribution >= 4 is 34.6 Å². The van der Waals surface area contributed by atoms with Crippen LogP contribution in [0.2, 0.25) is 0 Å². The van der Waals surface area contributed by atoms with Crippen molar-refractivity contribution in [3.63, 3.8) is 0 Å². The monoisotopic (exact) mass is 561 g/mol. The van der Waals surface area contributed by atoms with Crippen LogP contribution in [0.15, 0.2) is 42.5 Å². The Morgan fingerprint density at radius 3 is 2.49 bits per heavy atom. The average Bonchev–Trinajstić information content (AvgIpc) is 3.34. The maximum absolute atomic E-state index is 14.0. The number of hydrogen-bond donors (Lipinski definition) is 3. The molecule has 5 rings (SSSR count). The van der Waals surface area contributed by atoms with E-state index < -0.39 is 64.4 Å². The van der Waals surface area contributed by atoms with E-state index in [-0.39, 0.29) is 24.2 Å². The molecule has 216 valence electrons. The topological polar surface area (TPSA) is 158 Å². The summed E-state index contributed by atoms with van der Waals surface area (Å²) < 4.78 is 0. The van der Waals surface area contributed by atoms with E-state index in [2.05, 4.69) is 11.5 Å². The van der Waals surface area contributed by atoms with E-state index in [1.165, 1.54) is 16.5 Å². The molecule has 2 saturated carbocycles. The zero-order valence-electron chi connectivity index (χ0n) is 23.4. The second kappa shape index (κ2) is 10.3. The lowest BCUT2D eigenvalue weighted by Crippen LogP contribution is -2.74. The van der Waals surface area contributed by atoms with Crippen LogP contribution in [0.4, 0.5) is 0 Å². The van der Waals surface area contributed by atoms with Crippen molar-refractivity contribution < 1.29 is 34.2 Å². The molecule has 6 atom stereocenters. The van der Waals surface area contributed by atoms with Crippen molar-refractivity contribution in [2.75, 3.05) is 34.2 Å². The number of allylic oxidation sites excluding steroid dienone is 3. The highest BCUT2D eigenvalue weighted by atomic mass is 16.3. The number of hydrogen-bond acceptors (Lipinski definition) is 9. The van der Waals surface area contributed by atoms with Crippen LogP contribution >= 0.6 is 0 Å². The molecule has 4 aliphatic carbocycles. The Labute approximate surface area is 238 Å². The van der Waals surface area contributed by atoms with Crippen LogP contribution in [0.1, 0.15) is 34.3 Å². The first kappa shape index (κ1) is 28.8. The number of fused-ring (bicyclic) bond motifs is 3. The van der Waals surface area contributed by atoms with Crippen LogP contribution in [-0.4, -0.2) is 94.9 Å². The minimum absolute atomic E-state index is 0.00669. The van der Waals surface area contributed by atoms with Gasteiger partial charge in [0.2, 0.25) is 5.91 Å². The number of likely N-dealkylation sites (N-methyl/N-ethyl adjacent to an activating group) is 2. The van der Waals surface area contributed by atoms with Gasteiger partial charge in [-0.3, -0.25) is 33.8 Å². The molecule has 0 aromatic heterocycles. The summed E-state index contributed by atoms with van der Waals surface area (Å²) in [5.74, 6) is -10.4. The molecule has 0 radical (unpaired) electrons. The number of phenols is 1.